The number of carbonyl (C=O) groups is 2. The van der Waals surface area contributed by atoms with Crippen molar-refractivity contribution in [2.24, 2.45) is 0 Å². The van der Waals surface area contributed by atoms with Crippen LogP contribution < -0.4 is 14.4 Å². The van der Waals surface area contributed by atoms with Gasteiger partial charge in [-0.25, -0.2) is 8.42 Å². The van der Waals surface area contributed by atoms with Crippen molar-refractivity contribution in [1.29, 1.82) is 0 Å². The van der Waals surface area contributed by atoms with Crippen molar-refractivity contribution in [3.63, 3.8) is 0 Å². The summed E-state index contributed by atoms with van der Waals surface area (Å²) in [6.07, 6.45) is 4.16. The Morgan fingerprint density at radius 2 is 1.49 bits per heavy atom. The monoisotopic (exact) mass is 653 g/mol. The maximum Gasteiger partial charge on any atom is 0.264 e. The molecule has 8 nitrogen and oxygen atoms in total. The number of amides is 2. The first-order chi connectivity index (χ1) is 22.8. The van der Waals surface area contributed by atoms with Gasteiger partial charge in [0.25, 0.3) is 10.0 Å². The Morgan fingerprint density at radius 1 is 0.851 bits per heavy atom. The molecule has 0 bridgehead atoms. The SMILES string of the molecule is CCOc1ccccc1N(CC(=O)N(Cc1cccc(C)c1)[C@@H](Cc1ccccc1)C(=O)NC1CCCC1)S(=O)(=O)c1ccccc1. The smallest absolute Gasteiger partial charge is 0.264 e. The van der Waals surface area contributed by atoms with Gasteiger partial charge in [0.05, 0.1) is 17.2 Å². The number of carbonyl (C=O) groups excluding carboxylic acids is 2. The number of para-hydroxylation sites is 2. The molecule has 0 radical (unpaired) electrons. The van der Waals surface area contributed by atoms with Crippen LogP contribution in [-0.4, -0.2) is 50.4 Å². The van der Waals surface area contributed by atoms with Crippen LogP contribution in [-0.2, 0) is 32.6 Å². The zero-order valence-corrected chi connectivity index (χ0v) is 27.9. The van der Waals surface area contributed by atoms with Crippen LogP contribution in [0, 0.1) is 6.92 Å². The fourth-order valence-corrected chi connectivity index (χ4v) is 7.55. The number of aryl methyl sites for hydroxylation is 1. The summed E-state index contributed by atoms with van der Waals surface area (Å²) in [7, 11) is -4.22. The standard InChI is InChI=1S/C38H43N3O5S/c1-3-46-36-24-13-12-23-34(36)41(47(44,45)33-21-8-5-9-22-33)28-37(42)40(27-31-18-14-15-29(2)25-31)35(26-30-16-6-4-7-17-30)38(43)39-32-19-10-11-20-32/h4-9,12-18,21-25,32,35H,3,10-11,19-20,26-28H2,1-2H3,(H,39,43)/t35-/m0/s1. The number of anilines is 1. The molecule has 1 saturated carbocycles. The minimum atomic E-state index is -4.22. The first kappa shape index (κ1) is 33.7. The van der Waals surface area contributed by atoms with E-state index in [9.17, 15) is 18.0 Å². The molecule has 0 saturated heterocycles. The molecule has 9 heteroatoms. The van der Waals surface area contributed by atoms with Crippen LogP contribution >= 0.6 is 0 Å². The van der Waals surface area contributed by atoms with Gasteiger partial charge in [-0.3, -0.25) is 13.9 Å². The third-order valence-electron chi connectivity index (χ3n) is 8.45. The summed E-state index contributed by atoms with van der Waals surface area (Å²) < 4.78 is 35.5. The van der Waals surface area contributed by atoms with Gasteiger partial charge in [-0.05, 0) is 62.1 Å². The molecular formula is C38H43N3O5S. The lowest BCUT2D eigenvalue weighted by Crippen LogP contribution is -2.54. The maximum absolute atomic E-state index is 14.7. The second kappa shape index (κ2) is 15.8. The van der Waals surface area contributed by atoms with Crippen LogP contribution in [0.15, 0.2) is 114 Å². The van der Waals surface area contributed by atoms with Gasteiger partial charge in [0.15, 0.2) is 0 Å². The molecule has 1 atom stereocenters. The van der Waals surface area contributed by atoms with Gasteiger partial charge >= 0.3 is 0 Å². The quantitative estimate of drug-likeness (QED) is 0.173. The van der Waals surface area contributed by atoms with Crippen molar-refractivity contribution in [1.82, 2.24) is 10.2 Å². The Morgan fingerprint density at radius 3 is 2.17 bits per heavy atom. The largest absolute Gasteiger partial charge is 0.492 e. The Labute approximate surface area is 278 Å². The van der Waals surface area contributed by atoms with Crippen molar-refractivity contribution in [3.8, 4) is 5.75 Å². The molecule has 0 unspecified atom stereocenters. The molecule has 4 aromatic carbocycles. The Balaban J connectivity index is 1.59. The minimum Gasteiger partial charge on any atom is -0.492 e. The zero-order chi connectivity index (χ0) is 33.2. The molecule has 47 heavy (non-hydrogen) atoms. The topological polar surface area (TPSA) is 96.0 Å². The molecule has 5 rings (SSSR count). The molecule has 4 aromatic rings. The second-order valence-electron chi connectivity index (χ2n) is 11.9. The Hall–Kier alpha value is -4.63. The van der Waals surface area contributed by atoms with E-state index < -0.39 is 28.5 Å². The lowest BCUT2D eigenvalue weighted by molar-refractivity contribution is -0.140. The first-order valence-corrected chi connectivity index (χ1v) is 17.7. The minimum absolute atomic E-state index is 0.0455. The van der Waals surface area contributed by atoms with Gasteiger partial charge in [-0.2, -0.15) is 0 Å². The average Bonchev–Trinajstić information content (AvgIpc) is 3.59. The zero-order valence-electron chi connectivity index (χ0n) is 27.0. The van der Waals surface area contributed by atoms with E-state index in [0.29, 0.717) is 12.4 Å². The van der Waals surface area contributed by atoms with Gasteiger partial charge < -0.3 is 15.0 Å². The molecule has 0 heterocycles. The number of rotatable bonds is 14. The summed E-state index contributed by atoms with van der Waals surface area (Å²) >= 11 is 0. The van der Waals surface area contributed by atoms with Crippen LogP contribution in [0.5, 0.6) is 5.75 Å². The molecule has 1 aliphatic rings. The van der Waals surface area contributed by atoms with Crippen molar-refractivity contribution >= 4 is 27.5 Å². The van der Waals surface area contributed by atoms with E-state index in [4.69, 9.17) is 4.74 Å². The molecule has 246 valence electrons. The first-order valence-electron chi connectivity index (χ1n) is 16.2. The molecule has 2 amide bonds. The molecule has 1 N–H and O–H groups in total. The second-order valence-corrected chi connectivity index (χ2v) is 13.8. The van der Waals surface area contributed by atoms with Gasteiger partial charge in [0.2, 0.25) is 11.8 Å². The average molecular weight is 654 g/mol. The predicted octanol–water partition coefficient (Wildman–Crippen LogP) is 6.29. The Kier molecular flexibility index (Phi) is 11.3. The van der Waals surface area contributed by atoms with Gasteiger partial charge in [-0.15, -0.1) is 0 Å². The molecular weight excluding hydrogens is 611 g/mol. The predicted molar refractivity (Wildman–Crippen MR) is 185 cm³/mol. The number of nitrogens with zero attached hydrogens (tertiary/aromatic N) is 2. The summed E-state index contributed by atoms with van der Waals surface area (Å²) in [5.74, 6) is -0.402. The summed E-state index contributed by atoms with van der Waals surface area (Å²) in [5.41, 5.74) is 3.01. The van der Waals surface area contributed by atoms with Crippen LogP contribution in [0.3, 0.4) is 0 Å². The number of benzene rings is 4. The van der Waals surface area contributed by atoms with Gasteiger partial charge in [0, 0.05) is 19.0 Å². The lowest BCUT2D eigenvalue weighted by Gasteiger charge is -2.34. The number of sulfonamides is 1. The molecule has 0 aromatic heterocycles. The van der Waals surface area contributed by atoms with E-state index in [2.05, 4.69) is 5.32 Å². The summed E-state index contributed by atoms with van der Waals surface area (Å²) in [6.45, 7) is 3.70. The molecule has 0 aliphatic heterocycles. The van der Waals surface area contributed by atoms with Crippen molar-refractivity contribution < 1.29 is 22.7 Å². The van der Waals surface area contributed by atoms with E-state index in [1.54, 1.807) is 47.4 Å². The third kappa shape index (κ3) is 8.60. The van der Waals surface area contributed by atoms with E-state index in [0.717, 1.165) is 46.7 Å². The van der Waals surface area contributed by atoms with E-state index in [1.807, 2.05) is 68.4 Å². The number of hydrogen-bond donors (Lipinski definition) is 1. The highest BCUT2D eigenvalue weighted by molar-refractivity contribution is 7.92. The summed E-state index contributed by atoms with van der Waals surface area (Å²) in [5, 5.41) is 3.21. The van der Waals surface area contributed by atoms with E-state index in [1.165, 1.54) is 12.1 Å². The van der Waals surface area contributed by atoms with Crippen LogP contribution in [0.25, 0.3) is 0 Å². The van der Waals surface area contributed by atoms with Crippen LogP contribution in [0.1, 0.15) is 49.3 Å². The number of nitrogens with one attached hydrogen (secondary N) is 1. The summed E-state index contributed by atoms with van der Waals surface area (Å²) in [6, 6.07) is 31.4. The lowest BCUT2D eigenvalue weighted by atomic mass is 10.0. The highest BCUT2D eigenvalue weighted by atomic mass is 32.2. The van der Waals surface area contributed by atoms with Gasteiger partial charge in [-0.1, -0.05) is 103 Å². The fraction of sp³-hybridized carbons (Fsp3) is 0.316. The van der Waals surface area contributed by atoms with Crippen molar-refractivity contribution in [3.05, 3.63) is 126 Å². The fourth-order valence-electron chi connectivity index (χ4n) is 6.10. The van der Waals surface area contributed by atoms with Crippen LogP contribution in [0.4, 0.5) is 5.69 Å². The van der Waals surface area contributed by atoms with E-state index in [-0.39, 0.29) is 35.5 Å². The van der Waals surface area contributed by atoms with Crippen molar-refractivity contribution in [2.75, 3.05) is 17.5 Å². The molecule has 1 fully saturated rings. The maximum atomic E-state index is 14.7. The van der Waals surface area contributed by atoms with Gasteiger partial charge in [0.1, 0.15) is 18.3 Å². The van der Waals surface area contributed by atoms with Crippen LogP contribution in [0.2, 0.25) is 0 Å². The molecule has 0 spiro atoms. The number of hydrogen-bond acceptors (Lipinski definition) is 5. The number of ether oxygens (including phenoxy) is 1. The molecule has 1 aliphatic carbocycles. The third-order valence-corrected chi connectivity index (χ3v) is 10.2. The summed E-state index contributed by atoms with van der Waals surface area (Å²) in [4.78, 5) is 30.5. The Bertz CT molecular complexity index is 1740. The highest BCUT2D eigenvalue weighted by Gasteiger charge is 2.36. The highest BCUT2D eigenvalue weighted by Crippen LogP contribution is 2.33. The van der Waals surface area contributed by atoms with Crippen molar-refractivity contribution in [2.45, 2.75) is 69.5 Å². The normalized spacial score (nSPS) is 13.9. The van der Waals surface area contributed by atoms with E-state index >= 15 is 0 Å².